The van der Waals surface area contributed by atoms with Crippen LogP contribution in [0.5, 0.6) is 0 Å². The zero-order chi connectivity index (χ0) is 12.7. The van der Waals surface area contributed by atoms with Gasteiger partial charge in [0.15, 0.2) is 5.82 Å². The molecule has 1 aromatic heterocycles. The lowest BCUT2D eigenvalue weighted by Crippen LogP contribution is -2.11. The third-order valence-electron chi connectivity index (χ3n) is 3.93. The topological polar surface area (TPSA) is 28.7 Å². The smallest absolute Gasteiger partial charge is 0.153 e. The molecule has 2 nitrogen and oxygen atoms in total. The largest absolute Gasteiger partial charge is 0.342 e. The predicted molar refractivity (Wildman–Crippen MR) is 66.4 cm³/mol. The summed E-state index contributed by atoms with van der Waals surface area (Å²) < 4.78 is 26.7. The zero-order valence-corrected chi connectivity index (χ0v) is 10.3. The summed E-state index contributed by atoms with van der Waals surface area (Å²) in [5.41, 5.74) is 0.714. The van der Waals surface area contributed by atoms with Crippen molar-refractivity contribution in [2.45, 2.75) is 38.5 Å². The highest BCUT2D eigenvalue weighted by Crippen LogP contribution is 2.35. The molecule has 18 heavy (non-hydrogen) atoms. The average Bonchev–Trinajstić information content (AvgIpc) is 2.74. The molecule has 4 heteroatoms. The van der Waals surface area contributed by atoms with Gasteiger partial charge in [0, 0.05) is 12.0 Å². The maximum Gasteiger partial charge on any atom is 0.153 e. The molecular formula is C14H16F2N2. The molecule has 0 radical (unpaired) electrons. The number of nitrogens with zero attached hydrogens (tertiary/aromatic N) is 1. The van der Waals surface area contributed by atoms with E-state index < -0.39 is 11.6 Å². The molecule has 1 saturated carbocycles. The maximum atomic E-state index is 13.6. The van der Waals surface area contributed by atoms with E-state index in [4.69, 9.17) is 0 Å². The lowest BCUT2D eigenvalue weighted by Gasteiger charge is -2.24. The molecule has 1 aromatic carbocycles. The maximum absolute atomic E-state index is 13.6. The summed E-state index contributed by atoms with van der Waals surface area (Å²) in [6.07, 6.45) is 4.51. The summed E-state index contributed by atoms with van der Waals surface area (Å²) in [5.74, 6) is 0.779. The normalized spacial score (nSPS) is 24.6. The van der Waals surface area contributed by atoms with Gasteiger partial charge < -0.3 is 4.98 Å². The Bertz CT molecular complexity index is 568. The molecular weight excluding hydrogens is 234 g/mol. The molecule has 1 heterocycles. The summed E-state index contributed by atoms with van der Waals surface area (Å²) in [7, 11) is 0. The Morgan fingerprint density at radius 1 is 1.17 bits per heavy atom. The SMILES string of the molecule is CC1CCC(c2nc3c(F)cc(F)cc3[nH]2)CC1. The summed E-state index contributed by atoms with van der Waals surface area (Å²) in [6, 6.07) is 2.19. The van der Waals surface area contributed by atoms with Gasteiger partial charge in [0.05, 0.1) is 5.52 Å². The van der Waals surface area contributed by atoms with Gasteiger partial charge in [-0.25, -0.2) is 13.8 Å². The average molecular weight is 250 g/mol. The molecule has 1 aliphatic rings. The van der Waals surface area contributed by atoms with Crippen LogP contribution in [0, 0.1) is 17.6 Å². The molecule has 1 aliphatic carbocycles. The Balaban J connectivity index is 1.96. The monoisotopic (exact) mass is 250 g/mol. The van der Waals surface area contributed by atoms with Crippen molar-refractivity contribution in [1.29, 1.82) is 0 Å². The first kappa shape index (κ1) is 11.6. The van der Waals surface area contributed by atoms with E-state index in [1.807, 2.05) is 0 Å². The van der Waals surface area contributed by atoms with Gasteiger partial charge in [0.25, 0.3) is 0 Å². The van der Waals surface area contributed by atoms with Crippen molar-refractivity contribution < 1.29 is 8.78 Å². The lowest BCUT2D eigenvalue weighted by molar-refractivity contribution is 0.341. The number of hydrogen-bond donors (Lipinski definition) is 1. The van der Waals surface area contributed by atoms with Gasteiger partial charge in [0.1, 0.15) is 17.2 Å². The number of aromatic amines is 1. The van der Waals surface area contributed by atoms with E-state index in [9.17, 15) is 8.78 Å². The van der Waals surface area contributed by atoms with Crippen molar-refractivity contribution in [3.63, 3.8) is 0 Å². The number of hydrogen-bond acceptors (Lipinski definition) is 1. The number of nitrogens with one attached hydrogen (secondary N) is 1. The molecule has 1 fully saturated rings. The highest BCUT2D eigenvalue weighted by molar-refractivity contribution is 5.75. The predicted octanol–water partition coefficient (Wildman–Crippen LogP) is 4.13. The van der Waals surface area contributed by atoms with Crippen LogP contribution in [-0.4, -0.2) is 9.97 Å². The second-order valence-electron chi connectivity index (χ2n) is 5.36. The zero-order valence-electron chi connectivity index (χ0n) is 10.3. The van der Waals surface area contributed by atoms with Gasteiger partial charge in [-0.3, -0.25) is 0 Å². The summed E-state index contributed by atoms with van der Waals surface area (Å²) in [5, 5.41) is 0. The molecule has 0 amide bonds. The van der Waals surface area contributed by atoms with Gasteiger partial charge in [0.2, 0.25) is 0 Å². The second-order valence-corrected chi connectivity index (χ2v) is 5.36. The number of rotatable bonds is 1. The minimum Gasteiger partial charge on any atom is -0.342 e. The van der Waals surface area contributed by atoms with E-state index in [1.54, 1.807) is 0 Å². The second kappa shape index (κ2) is 4.34. The number of imidazole rings is 1. The molecule has 96 valence electrons. The van der Waals surface area contributed by atoms with Crippen LogP contribution in [0.2, 0.25) is 0 Å². The number of H-pyrrole nitrogens is 1. The van der Waals surface area contributed by atoms with Crippen LogP contribution in [0.3, 0.4) is 0 Å². The van der Waals surface area contributed by atoms with Crippen LogP contribution in [0.25, 0.3) is 11.0 Å². The van der Waals surface area contributed by atoms with Gasteiger partial charge in [-0.15, -0.1) is 0 Å². The number of fused-ring (bicyclic) bond motifs is 1. The summed E-state index contributed by atoms with van der Waals surface area (Å²) >= 11 is 0. The molecule has 3 rings (SSSR count). The van der Waals surface area contributed by atoms with E-state index in [1.165, 1.54) is 18.9 Å². The van der Waals surface area contributed by atoms with Crippen molar-refractivity contribution in [2.75, 3.05) is 0 Å². The third kappa shape index (κ3) is 2.00. The van der Waals surface area contributed by atoms with Crippen molar-refractivity contribution in [2.24, 2.45) is 5.92 Å². The lowest BCUT2D eigenvalue weighted by atomic mass is 9.83. The van der Waals surface area contributed by atoms with Crippen molar-refractivity contribution in [1.82, 2.24) is 9.97 Å². The van der Waals surface area contributed by atoms with Gasteiger partial charge in [-0.2, -0.15) is 0 Å². The Morgan fingerprint density at radius 3 is 2.61 bits per heavy atom. The quantitative estimate of drug-likeness (QED) is 0.809. The minimum absolute atomic E-state index is 0.255. The Kier molecular flexibility index (Phi) is 2.80. The molecule has 0 spiro atoms. The standard InChI is InChI=1S/C14H16F2N2/c1-8-2-4-9(5-3-8)14-17-12-7-10(15)6-11(16)13(12)18-14/h6-9H,2-5H2,1H3,(H,17,18). The first-order valence-electron chi connectivity index (χ1n) is 6.48. The van der Waals surface area contributed by atoms with Crippen LogP contribution in [0.1, 0.15) is 44.3 Å². The Hall–Kier alpha value is -1.45. The molecule has 1 N–H and O–H groups in total. The van der Waals surface area contributed by atoms with Crippen molar-refractivity contribution in [3.05, 3.63) is 29.6 Å². The summed E-state index contributed by atoms with van der Waals surface area (Å²) in [4.78, 5) is 7.38. The van der Waals surface area contributed by atoms with E-state index >= 15 is 0 Å². The Labute approximate surface area is 104 Å². The van der Waals surface area contributed by atoms with Gasteiger partial charge in [-0.05, 0) is 24.8 Å². The van der Waals surface area contributed by atoms with Crippen LogP contribution >= 0.6 is 0 Å². The Morgan fingerprint density at radius 2 is 1.89 bits per heavy atom. The van der Waals surface area contributed by atoms with E-state index in [0.29, 0.717) is 11.4 Å². The molecule has 0 atom stereocenters. The fourth-order valence-corrected chi connectivity index (χ4v) is 2.79. The first-order chi connectivity index (χ1) is 8.63. The van der Waals surface area contributed by atoms with Crippen LogP contribution < -0.4 is 0 Å². The molecule has 0 aliphatic heterocycles. The number of aromatic nitrogens is 2. The van der Waals surface area contributed by atoms with Crippen LogP contribution in [0.15, 0.2) is 12.1 Å². The van der Waals surface area contributed by atoms with Crippen LogP contribution in [-0.2, 0) is 0 Å². The number of benzene rings is 1. The fraction of sp³-hybridized carbons (Fsp3) is 0.500. The number of halogens is 2. The van der Waals surface area contributed by atoms with E-state index in [0.717, 1.165) is 30.7 Å². The van der Waals surface area contributed by atoms with E-state index in [2.05, 4.69) is 16.9 Å². The van der Waals surface area contributed by atoms with Crippen molar-refractivity contribution in [3.8, 4) is 0 Å². The summed E-state index contributed by atoms with van der Waals surface area (Å²) in [6.45, 7) is 2.25. The van der Waals surface area contributed by atoms with E-state index in [-0.39, 0.29) is 5.52 Å². The van der Waals surface area contributed by atoms with Gasteiger partial charge >= 0.3 is 0 Å². The minimum atomic E-state index is -0.586. The molecule has 0 bridgehead atoms. The van der Waals surface area contributed by atoms with Crippen LogP contribution in [0.4, 0.5) is 8.78 Å². The highest BCUT2D eigenvalue weighted by Gasteiger charge is 2.23. The fourth-order valence-electron chi connectivity index (χ4n) is 2.79. The third-order valence-corrected chi connectivity index (χ3v) is 3.93. The first-order valence-corrected chi connectivity index (χ1v) is 6.48. The van der Waals surface area contributed by atoms with Crippen molar-refractivity contribution >= 4 is 11.0 Å². The highest BCUT2D eigenvalue weighted by atomic mass is 19.1. The molecule has 2 aromatic rings. The van der Waals surface area contributed by atoms with Gasteiger partial charge in [-0.1, -0.05) is 19.8 Å². The molecule has 0 unspecified atom stereocenters. The molecule has 0 saturated heterocycles.